The van der Waals surface area contributed by atoms with E-state index in [1.807, 2.05) is 18.2 Å². The Balaban J connectivity index is 1.42. The van der Waals surface area contributed by atoms with E-state index in [1.165, 1.54) is 12.1 Å². The number of hydrogen-bond acceptors (Lipinski definition) is 4. The zero-order valence-corrected chi connectivity index (χ0v) is 13.8. The molecule has 4 rings (SSSR count). The molecule has 1 aromatic heterocycles. The second-order valence-electron chi connectivity index (χ2n) is 6.62. The van der Waals surface area contributed by atoms with Crippen LogP contribution in [0.15, 0.2) is 42.6 Å². The number of fused-ring (bicyclic) bond motifs is 1. The monoisotopic (exact) mass is 346 g/mol. The lowest BCUT2D eigenvalue weighted by Gasteiger charge is -2.22. The lowest BCUT2D eigenvalue weighted by Crippen LogP contribution is -2.32. The highest BCUT2D eigenvalue weighted by atomic mass is 19.2. The Morgan fingerprint density at radius 1 is 1.16 bits per heavy atom. The number of rotatable bonds is 5. The van der Waals surface area contributed by atoms with Crippen LogP contribution in [-0.2, 0) is 22.6 Å². The summed E-state index contributed by atoms with van der Waals surface area (Å²) in [6, 6.07) is 10.1. The summed E-state index contributed by atoms with van der Waals surface area (Å²) < 4.78 is 38.3. The standard InChI is InChI=1S/C19H20F2N2O2/c20-16-5-4-13(7-17(16)21)8-23-9-19(15-11-24-12-18(15)23)25-10-14-3-1-2-6-22-14/h1-7,15,18-19H,8-12H2/t15-,18+,19+/m0/s1. The van der Waals surface area contributed by atoms with E-state index in [-0.39, 0.29) is 12.1 Å². The largest absolute Gasteiger partial charge is 0.379 e. The fourth-order valence-corrected chi connectivity index (χ4v) is 3.70. The summed E-state index contributed by atoms with van der Waals surface area (Å²) in [5.74, 6) is -1.32. The quantitative estimate of drug-likeness (QED) is 0.834. The van der Waals surface area contributed by atoms with Gasteiger partial charge in [0.1, 0.15) is 0 Å². The minimum Gasteiger partial charge on any atom is -0.379 e. The Kier molecular flexibility index (Phi) is 4.74. The second-order valence-corrected chi connectivity index (χ2v) is 6.62. The number of benzene rings is 1. The summed E-state index contributed by atoms with van der Waals surface area (Å²) in [6.07, 6.45) is 1.81. The highest BCUT2D eigenvalue weighted by Crippen LogP contribution is 2.33. The molecule has 2 aliphatic rings. The molecule has 0 radical (unpaired) electrons. The van der Waals surface area contributed by atoms with Gasteiger partial charge in [-0.25, -0.2) is 8.78 Å². The lowest BCUT2D eigenvalue weighted by molar-refractivity contribution is 0.00739. The molecule has 2 aliphatic heterocycles. The van der Waals surface area contributed by atoms with E-state index in [2.05, 4.69) is 9.88 Å². The summed E-state index contributed by atoms with van der Waals surface area (Å²) in [6.45, 7) is 3.10. The molecule has 2 saturated heterocycles. The molecule has 0 unspecified atom stereocenters. The van der Waals surface area contributed by atoms with Crippen LogP contribution in [0, 0.1) is 17.6 Å². The molecule has 3 atom stereocenters. The van der Waals surface area contributed by atoms with Crippen molar-refractivity contribution in [1.82, 2.24) is 9.88 Å². The first-order valence-corrected chi connectivity index (χ1v) is 8.48. The van der Waals surface area contributed by atoms with E-state index in [0.717, 1.165) is 17.8 Å². The summed E-state index contributed by atoms with van der Waals surface area (Å²) in [4.78, 5) is 6.53. The molecule has 0 spiro atoms. The van der Waals surface area contributed by atoms with Crippen LogP contribution in [0.5, 0.6) is 0 Å². The van der Waals surface area contributed by atoms with E-state index in [1.54, 1.807) is 12.3 Å². The Hall–Kier alpha value is -1.89. The van der Waals surface area contributed by atoms with Crippen LogP contribution in [0.3, 0.4) is 0 Å². The van der Waals surface area contributed by atoms with Crippen LogP contribution in [0.2, 0.25) is 0 Å². The van der Waals surface area contributed by atoms with Gasteiger partial charge in [0, 0.05) is 31.2 Å². The zero-order valence-electron chi connectivity index (χ0n) is 13.8. The molecule has 6 heteroatoms. The van der Waals surface area contributed by atoms with Crippen LogP contribution in [0.25, 0.3) is 0 Å². The van der Waals surface area contributed by atoms with Gasteiger partial charge in [-0.05, 0) is 29.8 Å². The Morgan fingerprint density at radius 2 is 2.08 bits per heavy atom. The van der Waals surface area contributed by atoms with Gasteiger partial charge < -0.3 is 9.47 Å². The normalized spacial score (nSPS) is 26.1. The third-order valence-corrected chi connectivity index (χ3v) is 5.00. The predicted octanol–water partition coefficient (Wildman–Crippen LogP) is 2.78. The Bertz CT molecular complexity index is 729. The third kappa shape index (κ3) is 3.56. The number of nitrogens with zero attached hydrogens (tertiary/aromatic N) is 2. The summed E-state index contributed by atoms with van der Waals surface area (Å²) >= 11 is 0. The first-order valence-electron chi connectivity index (χ1n) is 8.48. The molecule has 25 heavy (non-hydrogen) atoms. The van der Waals surface area contributed by atoms with E-state index in [4.69, 9.17) is 9.47 Å². The van der Waals surface area contributed by atoms with Crippen molar-refractivity contribution in [3.63, 3.8) is 0 Å². The number of ether oxygens (including phenoxy) is 2. The molecule has 2 fully saturated rings. The molecular weight excluding hydrogens is 326 g/mol. The van der Waals surface area contributed by atoms with Gasteiger partial charge in [0.25, 0.3) is 0 Å². The van der Waals surface area contributed by atoms with E-state index >= 15 is 0 Å². The highest BCUT2D eigenvalue weighted by Gasteiger charge is 2.45. The first kappa shape index (κ1) is 16.6. The van der Waals surface area contributed by atoms with Gasteiger partial charge in [0.2, 0.25) is 0 Å². The van der Waals surface area contributed by atoms with Gasteiger partial charge in [0.05, 0.1) is 31.6 Å². The SMILES string of the molecule is Fc1ccc(CN2C[C@@H](OCc3ccccn3)[C@H]3COC[C@H]32)cc1F. The van der Waals surface area contributed by atoms with E-state index in [9.17, 15) is 8.78 Å². The summed E-state index contributed by atoms with van der Waals surface area (Å²) in [5, 5.41) is 0. The van der Waals surface area contributed by atoms with Crippen LogP contribution in [-0.4, -0.2) is 41.8 Å². The number of likely N-dealkylation sites (tertiary alicyclic amines) is 1. The first-order chi connectivity index (χ1) is 12.2. The van der Waals surface area contributed by atoms with E-state index in [0.29, 0.717) is 32.3 Å². The van der Waals surface area contributed by atoms with Crippen molar-refractivity contribution in [2.24, 2.45) is 5.92 Å². The van der Waals surface area contributed by atoms with Gasteiger partial charge in [-0.3, -0.25) is 9.88 Å². The Labute approximate surface area is 145 Å². The van der Waals surface area contributed by atoms with Crippen molar-refractivity contribution in [1.29, 1.82) is 0 Å². The number of hydrogen-bond donors (Lipinski definition) is 0. The lowest BCUT2D eigenvalue weighted by atomic mass is 10.0. The van der Waals surface area contributed by atoms with Crippen molar-refractivity contribution < 1.29 is 18.3 Å². The molecule has 0 aliphatic carbocycles. The smallest absolute Gasteiger partial charge is 0.159 e. The molecule has 0 bridgehead atoms. The van der Waals surface area contributed by atoms with Crippen molar-refractivity contribution in [2.75, 3.05) is 19.8 Å². The number of pyridine rings is 1. The fourth-order valence-electron chi connectivity index (χ4n) is 3.70. The van der Waals surface area contributed by atoms with E-state index < -0.39 is 11.6 Å². The number of aromatic nitrogens is 1. The minimum atomic E-state index is -0.816. The maximum Gasteiger partial charge on any atom is 0.159 e. The van der Waals surface area contributed by atoms with Gasteiger partial charge >= 0.3 is 0 Å². The van der Waals surface area contributed by atoms with Crippen LogP contribution in [0.4, 0.5) is 8.78 Å². The average molecular weight is 346 g/mol. The van der Waals surface area contributed by atoms with Crippen LogP contribution in [0.1, 0.15) is 11.3 Å². The molecule has 1 aromatic carbocycles. The maximum atomic E-state index is 13.5. The van der Waals surface area contributed by atoms with Crippen molar-refractivity contribution in [3.05, 3.63) is 65.5 Å². The zero-order chi connectivity index (χ0) is 17.2. The van der Waals surface area contributed by atoms with Crippen molar-refractivity contribution in [2.45, 2.75) is 25.3 Å². The van der Waals surface area contributed by atoms with Crippen LogP contribution >= 0.6 is 0 Å². The average Bonchev–Trinajstić information content (AvgIpc) is 3.22. The van der Waals surface area contributed by atoms with Gasteiger partial charge in [-0.1, -0.05) is 12.1 Å². The van der Waals surface area contributed by atoms with Gasteiger partial charge in [-0.2, -0.15) is 0 Å². The molecule has 4 nitrogen and oxygen atoms in total. The van der Waals surface area contributed by atoms with Crippen LogP contribution < -0.4 is 0 Å². The van der Waals surface area contributed by atoms with Crippen molar-refractivity contribution in [3.8, 4) is 0 Å². The maximum absolute atomic E-state index is 13.5. The molecule has 2 aromatic rings. The Morgan fingerprint density at radius 3 is 2.88 bits per heavy atom. The third-order valence-electron chi connectivity index (χ3n) is 5.00. The summed E-state index contributed by atoms with van der Waals surface area (Å²) in [5.41, 5.74) is 1.66. The molecule has 0 amide bonds. The second kappa shape index (κ2) is 7.15. The summed E-state index contributed by atoms with van der Waals surface area (Å²) in [7, 11) is 0. The van der Waals surface area contributed by atoms with Gasteiger partial charge in [0.15, 0.2) is 11.6 Å². The molecule has 3 heterocycles. The molecular formula is C19H20F2N2O2. The molecule has 132 valence electrons. The fraction of sp³-hybridized carbons (Fsp3) is 0.421. The molecule has 0 N–H and O–H groups in total. The van der Waals surface area contributed by atoms with Crippen molar-refractivity contribution >= 4 is 0 Å². The minimum absolute atomic E-state index is 0.0554. The predicted molar refractivity (Wildman–Crippen MR) is 87.7 cm³/mol. The highest BCUT2D eigenvalue weighted by molar-refractivity contribution is 5.18. The molecule has 0 saturated carbocycles. The number of halogens is 2. The van der Waals surface area contributed by atoms with Gasteiger partial charge in [-0.15, -0.1) is 0 Å². The topological polar surface area (TPSA) is 34.6 Å².